The van der Waals surface area contributed by atoms with E-state index in [1.165, 1.54) is 22.3 Å². The normalized spacial score (nSPS) is 19.8. The number of rotatable bonds is 0. The van der Waals surface area contributed by atoms with E-state index in [1.54, 1.807) is 0 Å². The molecule has 0 saturated carbocycles. The molecule has 26 heavy (non-hydrogen) atoms. The van der Waals surface area contributed by atoms with Crippen molar-refractivity contribution in [3.05, 3.63) is 82.7 Å². The first-order valence-corrected chi connectivity index (χ1v) is 8.93. The number of pyridine rings is 1. The quantitative estimate of drug-likeness (QED) is 0.682. The second kappa shape index (κ2) is 5.01. The summed E-state index contributed by atoms with van der Waals surface area (Å²) >= 11 is 0. The first-order chi connectivity index (χ1) is 12.4. The lowest BCUT2D eigenvalue weighted by molar-refractivity contribution is -0.515. The topological polar surface area (TPSA) is 32.6 Å². The fraction of sp³-hybridized carbons (Fsp3) is 0.227. The third-order valence-corrected chi connectivity index (χ3v) is 5.42. The van der Waals surface area contributed by atoms with Gasteiger partial charge in [-0.2, -0.15) is 0 Å². The maximum absolute atomic E-state index is 4.93. The van der Waals surface area contributed by atoms with Crippen LogP contribution in [0.3, 0.4) is 0 Å². The molecule has 0 radical (unpaired) electrons. The van der Waals surface area contributed by atoms with E-state index in [2.05, 4.69) is 92.1 Å². The second-order valence-corrected chi connectivity index (χ2v) is 7.79. The Bertz CT molecular complexity index is 1130. The molecule has 0 N–H and O–H groups in total. The standard InChI is InChI=1S/C22H21N4/c1-14-5-7-25-12-16-18(23-20(25)9-14)11-19-17(22(16,3)4)13-26-8-6-15(2)10-21(26)24-19/h5-13H,1-4H3/q+1. The smallest absolute Gasteiger partial charge is 0.308 e. The Labute approximate surface area is 153 Å². The number of aromatic nitrogens is 2. The van der Waals surface area contributed by atoms with Crippen molar-refractivity contribution in [1.82, 2.24) is 9.88 Å². The Morgan fingerprint density at radius 2 is 2.00 bits per heavy atom. The van der Waals surface area contributed by atoms with Crippen molar-refractivity contribution in [2.75, 3.05) is 0 Å². The van der Waals surface area contributed by atoms with Gasteiger partial charge in [0.25, 0.3) is 0 Å². The number of fused-ring (bicyclic) bond motifs is 4. The van der Waals surface area contributed by atoms with E-state index in [0.29, 0.717) is 0 Å². The molecule has 0 aromatic carbocycles. The summed E-state index contributed by atoms with van der Waals surface area (Å²) in [6, 6.07) is 4.23. The van der Waals surface area contributed by atoms with Crippen LogP contribution < -0.4 is 4.40 Å². The van der Waals surface area contributed by atoms with Crippen LogP contribution in [0.25, 0.3) is 11.7 Å². The monoisotopic (exact) mass is 341 g/mol. The molecule has 5 rings (SSSR count). The molecule has 3 aliphatic rings. The van der Waals surface area contributed by atoms with Crippen molar-refractivity contribution in [2.24, 2.45) is 4.99 Å². The molecule has 0 spiro atoms. The van der Waals surface area contributed by atoms with Gasteiger partial charge in [0.15, 0.2) is 5.69 Å². The lowest BCUT2D eigenvalue weighted by Gasteiger charge is -2.36. The Kier molecular flexibility index (Phi) is 2.94. The van der Waals surface area contributed by atoms with Gasteiger partial charge >= 0.3 is 5.65 Å². The van der Waals surface area contributed by atoms with Crippen LogP contribution in [0.5, 0.6) is 0 Å². The second-order valence-electron chi connectivity index (χ2n) is 7.79. The molecule has 0 unspecified atom stereocenters. The van der Waals surface area contributed by atoms with Crippen molar-refractivity contribution in [3.8, 4) is 0 Å². The maximum atomic E-state index is 4.93. The molecule has 4 heterocycles. The lowest BCUT2D eigenvalue weighted by atomic mass is 9.72. The molecule has 0 amide bonds. The Morgan fingerprint density at radius 3 is 2.85 bits per heavy atom. The van der Waals surface area contributed by atoms with Crippen LogP contribution in [0.1, 0.15) is 37.6 Å². The summed E-state index contributed by atoms with van der Waals surface area (Å²) in [5, 5.41) is 0. The molecule has 4 nitrogen and oxygen atoms in total. The molecule has 4 heteroatoms. The number of aryl methyl sites for hydroxylation is 1. The van der Waals surface area contributed by atoms with Gasteiger partial charge in [-0.3, -0.25) is 0 Å². The average molecular weight is 341 g/mol. The molecule has 0 fully saturated rings. The Hall–Kier alpha value is -3.01. The molecule has 0 bridgehead atoms. The summed E-state index contributed by atoms with van der Waals surface area (Å²) in [7, 11) is 0. The van der Waals surface area contributed by atoms with Gasteiger partial charge in [0, 0.05) is 35.5 Å². The summed E-state index contributed by atoms with van der Waals surface area (Å²) < 4.78 is 2.11. The van der Waals surface area contributed by atoms with Gasteiger partial charge in [-0.1, -0.05) is 13.8 Å². The Morgan fingerprint density at radius 1 is 1.15 bits per heavy atom. The van der Waals surface area contributed by atoms with Crippen molar-refractivity contribution < 1.29 is 4.40 Å². The lowest BCUT2D eigenvalue weighted by Crippen LogP contribution is -2.36. The molecule has 0 saturated heterocycles. The number of amidine groups is 1. The summed E-state index contributed by atoms with van der Waals surface area (Å²) in [5.74, 6) is 0.963. The van der Waals surface area contributed by atoms with Crippen molar-refractivity contribution in [2.45, 2.75) is 33.1 Å². The van der Waals surface area contributed by atoms with Crippen LogP contribution in [0.4, 0.5) is 0 Å². The van der Waals surface area contributed by atoms with Crippen LogP contribution in [0.2, 0.25) is 0 Å². The molecule has 2 aliphatic heterocycles. The SMILES string of the molecule is CC1=CC2=NC3=Cc4nc5cc(C)cc[n+]5cc4C(C)(C)C3=CN2C=C1. The van der Waals surface area contributed by atoms with Gasteiger partial charge < -0.3 is 4.90 Å². The summed E-state index contributed by atoms with van der Waals surface area (Å²) in [6.45, 7) is 8.69. The van der Waals surface area contributed by atoms with Gasteiger partial charge in [0.05, 0.1) is 17.5 Å². The Balaban J connectivity index is 1.76. The predicted octanol–water partition coefficient (Wildman–Crippen LogP) is 3.83. The van der Waals surface area contributed by atoms with Gasteiger partial charge in [-0.15, -0.1) is 0 Å². The fourth-order valence-corrected chi connectivity index (χ4v) is 3.83. The number of allylic oxidation sites excluding steroid dienone is 3. The molecule has 0 atom stereocenters. The van der Waals surface area contributed by atoms with E-state index in [1.807, 2.05) is 0 Å². The van der Waals surface area contributed by atoms with Crippen molar-refractivity contribution >= 4 is 17.6 Å². The largest absolute Gasteiger partial charge is 0.328 e. The van der Waals surface area contributed by atoms with Crippen LogP contribution in [-0.2, 0) is 5.41 Å². The minimum absolute atomic E-state index is 0.169. The summed E-state index contributed by atoms with van der Waals surface area (Å²) in [4.78, 5) is 12.0. The highest BCUT2D eigenvalue weighted by molar-refractivity contribution is 5.99. The zero-order valence-corrected chi connectivity index (χ0v) is 15.5. The van der Waals surface area contributed by atoms with E-state index in [4.69, 9.17) is 9.98 Å². The maximum Gasteiger partial charge on any atom is 0.328 e. The summed E-state index contributed by atoms with van der Waals surface area (Å²) in [5.41, 5.74) is 7.69. The van der Waals surface area contributed by atoms with E-state index < -0.39 is 0 Å². The fourth-order valence-electron chi connectivity index (χ4n) is 3.83. The van der Waals surface area contributed by atoms with Gasteiger partial charge in [-0.25, -0.2) is 9.39 Å². The van der Waals surface area contributed by atoms with E-state index >= 15 is 0 Å². The zero-order chi connectivity index (χ0) is 18.1. The van der Waals surface area contributed by atoms with Crippen LogP contribution in [0.15, 0.2) is 70.9 Å². The van der Waals surface area contributed by atoms with Gasteiger partial charge in [-0.05, 0) is 48.2 Å². The highest BCUT2D eigenvalue weighted by atomic mass is 15.2. The van der Waals surface area contributed by atoms with Crippen molar-refractivity contribution in [3.63, 3.8) is 0 Å². The number of nitrogens with zero attached hydrogens (tertiary/aromatic N) is 4. The van der Waals surface area contributed by atoms with Crippen LogP contribution >= 0.6 is 0 Å². The highest BCUT2D eigenvalue weighted by Gasteiger charge is 2.40. The molecule has 128 valence electrons. The van der Waals surface area contributed by atoms with Crippen LogP contribution in [0, 0.1) is 6.92 Å². The first kappa shape index (κ1) is 15.3. The minimum Gasteiger partial charge on any atom is -0.308 e. The third-order valence-electron chi connectivity index (χ3n) is 5.42. The van der Waals surface area contributed by atoms with Crippen molar-refractivity contribution in [1.29, 1.82) is 0 Å². The van der Waals surface area contributed by atoms with Gasteiger partial charge in [0.2, 0.25) is 0 Å². The zero-order valence-electron chi connectivity index (χ0n) is 15.5. The number of hydrogen-bond donors (Lipinski definition) is 0. The van der Waals surface area contributed by atoms with E-state index in [9.17, 15) is 0 Å². The average Bonchev–Trinajstić information content (AvgIpc) is 2.59. The van der Waals surface area contributed by atoms with Crippen LogP contribution in [-0.4, -0.2) is 15.7 Å². The highest BCUT2D eigenvalue weighted by Crippen LogP contribution is 2.44. The van der Waals surface area contributed by atoms with Gasteiger partial charge in [0.1, 0.15) is 12.0 Å². The predicted molar refractivity (Wildman–Crippen MR) is 103 cm³/mol. The first-order valence-electron chi connectivity index (χ1n) is 8.93. The van der Waals surface area contributed by atoms with E-state index in [-0.39, 0.29) is 5.41 Å². The van der Waals surface area contributed by atoms with E-state index in [0.717, 1.165) is 22.9 Å². The number of hydrogen-bond acceptors (Lipinski definition) is 3. The molecule has 1 aliphatic carbocycles. The number of aliphatic imine (C=N–C) groups is 1. The minimum atomic E-state index is -0.169. The summed E-state index contributed by atoms with van der Waals surface area (Å²) in [6.07, 6.45) is 14.9. The molecular weight excluding hydrogens is 320 g/mol. The molecular formula is C22H21N4+. The molecule has 2 aromatic rings. The third kappa shape index (κ3) is 2.11. The molecule has 2 aromatic heterocycles.